The molecule has 24 heavy (non-hydrogen) atoms. The lowest BCUT2D eigenvalue weighted by atomic mass is 10.0. The van der Waals surface area contributed by atoms with Gasteiger partial charge in [-0.15, -0.1) is 11.3 Å². The van der Waals surface area contributed by atoms with Gasteiger partial charge in [-0.1, -0.05) is 38.1 Å². The third-order valence-electron chi connectivity index (χ3n) is 3.71. The summed E-state index contributed by atoms with van der Waals surface area (Å²) in [6.45, 7) is 3.89. The highest BCUT2D eigenvalue weighted by Gasteiger charge is 2.27. The Morgan fingerprint density at radius 1 is 1.21 bits per heavy atom. The molecule has 0 radical (unpaired) electrons. The lowest BCUT2D eigenvalue weighted by Gasteiger charge is -2.27. The van der Waals surface area contributed by atoms with E-state index in [0.29, 0.717) is 10.4 Å². The van der Waals surface area contributed by atoms with E-state index in [2.05, 4.69) is 5.32 Å². The number of likely N-dealkylation sites (N-methyl/N-ethyl adjacent to an activating group) is 1. The first-order valence-electron chi connectivity index (χ1n) is 7.73. The van der Waals surface area contributed by atoms with Crippen LogP contribution in [-0.4, -0.2) is 29.8 Å². The molecule has 0 aliphatic rings. The van der Waals surface area contributed by atoms with Crippen LogP contribution in [0.4, 0.5) is 4.39 Å². The van der Waals surface area contributed by atoms with Crippen LogP contribution in [0.15, 0.2) is 41.8 Å². The van der Waals surface area contributed by atoms with Gasteiger partial charge in [0.05, 0.1) is 4.88 Å². The van der Waals surface area contributed by atoms with E-state index in [1.54, 1.807) is 37.4 Å². The molecule has 1 heterocycles. The highest BCUT2D eigenvalue weighted by Crippen LogP contribution is 2.14. The number of hydrogen-bond donors (Lipinski definition) is 1. The molecule has 1 aromatic heterocycles. The smallest absolute Gasteiger partial charge is 0.262 e. The molecular formula is C18H21FN2O2S. The van der Waals surface area contributed by atoms with E-state index < -0.39 is 6.04 Å². The van der Waals surface area contributed by atoms with Crippen LogP contribution in [0, 0.1) is 11.7 Å². The number of benzene rings is 1. The molecule has 0 saturated carbocycles. The van der Waals surface area contributed by atoms with Crippen molar-refractivity contribution in [2.45, 2.75) is 26.4 Å². The Hall–Kier alpha value is -2.21. The predicted molar refractivity (Wildman–Crippen MR) is 93.3 cm³/mol. The lowest BCUT2D eigenvalue weighted by molar-refractivity contribution is -0.133. The summed E-state index contributed by atoms with van der Waals surface area (Å²) in [6, 6.07) is 9.20. The van der Waals surface area contributed by atoms with Gasteiger partial charge in [0, 0.05) is 19.2 Å². The van der Waals surface area contributed by atoms with Crippen molar-refractivity contribution in [3.8, 4) is 0 Å². The number of halogens is 1. The third-order valence-corrected chi connectivity index (χ3v) is 4.57. The van der Waals surface area contributed by atoms with E-state index in [1.165, 1.54) is 22.3 Å². The standard InChI is InChI=1S/C18H21FN2O2S/c1-12(2)16(20-17(22)15-9-6-10-24-15)18(23)21(3)11-13-7-4-5-8-14(13)19/h4-10,12,16H,11H2,1-3H3,(H,20,22). The van der Waals surface area contributed by atoms with Crippen molar-refractivity contribution in [3.05, 3.63) is 58.0 Å². The average Bonchev–Trinajstić information content (AvgIpc) is 3.08. The van der Waals surface area contributed by atoms with Gasteiger partial charge in [0.1, 0.15) is 11.9 Å². The fourth-order valence-electron chi connectivity index (χ4n) is 2.33. The molecule has 2 rings (SSSR count). The summed E-state index contributed by atoms with van der Waals surface area (Å²) < 4.78 is 13.8. The van der Waals surface area contributed by atoms with Crippen molar-refractivity contribution < 1.29 is 14.0 Å². The second kappa shape index (κ2) is 8.06. The summed E-state index contributed by atoms with van der Waals surface area (Å²) >= 11 is 1.32. The SMILES string of the molecule is CC(C)C(NC(=O)c1cccs1)C(=O)N(C)Cc1ccccc1F. The highest BCUT2D eigenvalue weighted by molar-refractivity contribution is 7.12. The fourth-order valence-corrected chi connectivity index (χ4v) is 2.96. The lowest BCUT2D eigenvalue weighted by Crippen LogP contribution is -2.49. The normalized spacial score (nSPS) is 12.0. The van der Waals surface area contributed by atoms with Crippen molar-refractivity contribution in [1.29, 1.82) is 0 Å². The quantitative estimate of drug-likeness (QED) is 0.871. The van der Waals surface area contributed by atoms with Gasteiger partial charge in [-0.2, -0.15) is 0 Å². The molecule has 2 amide bonds. The van der Waals surface area contributed by atoms with Crippen molar-refractivity contribution >= 4 is 23.2 Å². The van der Waals surface area contributed by atoms with Gasteiger partial charge in [-0.05, 0) is 23.4 Å². The van der Waals surface area contributed by atoms with Crippen LogP contribution in [0.1, 0.15) is 29.1 Å². The molecule has 0 fully saturated rings. The molecule has 6 heteroatoms. The number of rotatable bonds is 6. The van der Waals surface area contributed by atoms with Gasteiger partial charge < -0.3 is 10.2 Å². The first-order valence-corrected chi connectivity index (χ1v) is 8.61. The minimum absolute atomic E-state index is 0.0792. The minimum atomic E-state index is -0.656. The van der Waals surface area contributed by atoms with Crippen molar-refractivity contribution in [3.63, 3.8) is 0 Å². The number of carbonyl (C=O) groups excluding carboxylic acids is 2. The summed E-state index contributed by atoms with van der Waals surface area (Å²) in [6.07, 6.45) is 0. The molecule has 128 valence electrons. The summed E-state index contributed by atoms with van der Waals surface area (Å²) in [5.74, 6) is -0.931. The Balaban J connectivity index is 2.08. The second-order valence-corrected chi connectivity index (χ2v) is 6.91. The molecule has 0 bridgehead atoms. The molecule has 0 aliphatic carbocycles. The monoisotopic (exact) mass is 348 g/mol. The summed E-state index contributed by atoms with van der Waals surface area (Å²) in [5, 5.41) is 4.60. The zero-order chi connectivity index (χ0) is 17.7. The number of nitrogens with one attached hydrogen (secondary N) is 1. The van der Waals surface area contributed by atoms with E-state index in [1.807, 2.05) is 19.2 Å². The Labute approximate surface area is 145 Å². The van der Waals surface area contributed by atoms with Crippen LogP contribution in [0.3, 0.4) is 0 Å². The number of amides is 2. The van der Waals surface area contributed by atoms with Crippen LogP contribution in [0.5, 0.6) is 0 Å². The van der Waals surface area contributed by atoms with Crippen LogP contribution in [-0.2, 0) is 11.3 Å². The summed E-state index contributed by atoms with van der Waals surface area (Å²) in [7, 11) is 1.61. The first-order chi connectivity index (χ1) is 11.4. The van der Waals surface area contributed by atoms with Gasteiger partial charge in [-0.3, -0.25) is 9.59 Å². The Bertz CT molecular complexity index is 701. The zero-order valence-electron chi connectivity index (χ0n) is 14.0. The zero-order valence-corrected chi connectivity index (χ0v) is 14.8. The Morgan fingerprint density at radius 2 is 1.92 bits per heavy atom. The molecule has 0 saturated heterocycles. The average molecular weight is 348 g/mol. The minimum Gasteiger partial charge on any atom is -0.340 e. The fraction of sp³-hybridized carbons (Fsp3) is 0.333. The molecule has 1 N–H and O–H groups in total. The first kappa shape index (κ1) is 18.1. The molecule has 2 aromatic rings. The number of carbonyl (C=O) groups is 2. The molecule has 1 atom stereocenters. The van der Waals surface area contributed by atoms with Crippen molar-refractivity contribution in [1.82, 2.24) is 10.2 Å². The van der Waals surface area contributed by atoms with Crippen LogP contribution >= 0.6 is 11.3 Å². The third kappa shape index (κ3) is 4.41. The molecule has 1 aromatic carbocycles. The molecular weight excluding hydrogens is 327 g/mol. The number of thiophene rings is 1. The predicted octanol–water partition coefficient (Wildman–Crippen LogP) is 3.30. The van der Waals surface area contributed by atoms with E-state index in [4.69, 9.17) is 0 Å². The largest absolute Gasteiger partial charge is 0.340 e. The summed E-state index contributed by atoms with van der Waals surface area (Å²) in [5.41, 5.74) is 0.445. The molecule has 4 nitrogen and oxygen atoms in total. The van der Waals surface area contributed by atoms with Crippen LogP contribution in [0.25, 0.3) is 0 Å². The van der Waals surface area contributed by atoms with E-state index in [-0.39, 0.29) is 30.1 Å². The second-order valence-electron chi connectivity index (χ2n) is 5.96. The Kier molecular flexibility index (Phi) is 6.09. The van der Waals surface area contributed by atoms with Gasteiger partial charge in [0.25, 0.3) is 5.91 Å². The highest BCUT2D eigenvalue weighted by atomic mass is 32.1. The number of hydrogen-bond acceptors (Lipinski definition) is 3. The van der Waals surface area contributed by atoms with Crippen molar-refractivity contribution in [2.24, 2.45) is 5.92 Å². The number of nitrogens with zero attached hydrogens (tertiary/aromatic N) is 1. The van der Waals surface area contributed by atoms with E-state index in [0.717, 1.165) is 0 Å². The van der Waals surface area contributed by atoms with Crippen molar-refractivity contribution in [2.75, 3.05) is 7.05 Å². The van der Waals surface area contributed by atoms with Gasteiger partial charge >= 0.3 is 0 Å². The Morgan fingerprint density at radius 3 is 2.50 bits per heavy atom. The maximum atomic E-state index is 13.8. The maximum Gasteiger partial charge on any atom is 0.262 e. The van der Waals surface area contributed by atoms with Gasteiger partial charge in [0.15, 0.2) is 0 Å². The molecule has 0 spiro atoms. The maximum absolute atomic E-state index is 13.8. The molecule has 0 aliphatic heterocycles. The van der Waals surface area contributed by atoms with Crippen LogP contribution in [0.2, 0.25) is 0 Å². The van der Waals surface area contributed by atoms with E-state index in [9.17, 15) is 14.0 Å². The topological polar surface area (TPSA) is 49.4 Å². The van der Waals surface area contributed by atoms with Gasteiger partial charge in [0.2, 0.25) is 5.91 Å². The molecule has 1 unspecified atom stereocenters. The van der Waals surface area contributed by atoms with Gasteiger partial charge in [-0.25, -0.2) is 4.39 Å². The van der Waals surface area contributed by atoms with Crippen LogP contribution < -0.4 is 5.32 Å². The summed E-state index contributed by atoms with van der Waals surface area (Å²) in [4.78, 5) is 26.9. The van der Waals surface area contributed by atoms with E-state index >= 15 is 0 Å².